The molecule has 0 spiro atoms. The quantitative estimate of drug-likeness (QED) is 0.346. The molecule has 5 heteroatoms. The minimum atomic E-state index is 0.108. The number of carbonyl (C=O) groups is 1. The fourth-order valence-corrected chi connectivity index (χ4v) is 8.87. The SMILES string of the molecule is CC12CCCCC1CCC1C2CCC2(C)C(CCCC(=O)NCCN(O)S)CCC12. The Morgan fingerprint density at radius 2 is 1.83 bits per heavy atom. The summed E-state index contributed by atoms with van der Waals surface area (Å²) in [4.78, 5) is 12.1. The van der Waals surface area contributed by atoms with Crippen molar-refractivity contribution >= 4 is 18.7 Å². The van der Waals surface area contributed by atoms with E-state index in [0.29, 0.717) is 30.3 Å². The largest absolute Gasteiger partial charge is 0.355 e. The number of hydrogen-bond acceptors (Lipinski definition) is 4. The second-order valence-corrected chi connectivity index (χ2v) is 12.0. The van der Waals surface area contributed by atoms with Crippen molar-refractivity contribution < 1.29 is 10.0 Å². The van der Waals surface area contributed by atoms with Gasteiger partial charge in [0.2, 0.25) is 5.91 Å². The number of hydroxylamine groups is 1. The molecule has 2 N–H and O–H groups in total. The Labute approximate surface area is 189 Å². The first-order chi connectivity index (χ1) is 14.3. The van der Waals surface area contributed by atoms with Crippen LogP contribution in [0.2, 0.25) is 0 Å². The molecule has 0 aromatic heterocycles. The van der Waals surface area contributed by atoms with Gasteiger partial charge in [-0.3, -0.25) is 4.79 Å². The van der Waals surface area contributed by atoms with Crippen LogP contribution in [0.25, 0.3) is 0 Å². The van der Waals surface area contributed by atoms with Crippen LogP contribution in [0.15, 0.2) is 0 Å². The van der Waals surface area contributed by atoms with Crippen molar-refractivity contribution in [3.63, 3.8) is 0 Å². The maximum atomic E-state index is 12.1. The van der Waals surface area contributed by atoms with E-state index in [1.54, 1.807) is 0 Å². The Hall–Kier alpha value is -0.260. The molecule has 30 heavy (non-hydrogen) atoms. The molecule has 172 valence electrons. The van der Waals surface area contributed by atoms with Crippen LogP contribution in [0.4, 0.5) is 0 Å². The van der Waals surface area contributed by atoms with Crippen molar-refractivity contribution in [2.75, 3.05) is 13.1 Å². The van der Waals surface area contributed by atoms with E-state index in [4.69, 9.17) is 5.21 Å². The highest BCUT2D eigenvalue weighted by molar-refractivity contribution is 7.77. The average molecular weight is 437 g/mol. The Morgan fingerprint density at radius 3 is 2.63 bits per heavy atom. The summed E-state index contributed by atoms with van der Waals surface area (Å²) in [6.45, 7) is 6.08. The molecule has 7 unspecified atom stereocenters. The van der Waals surface area contributed by atoms with Gasteiger partial charge in [-0.05, 0) is 105 Å². The van der Waals surface area contributed by atoms with E-state index in [2.05, 4.69) is 32.0 Å². The van der Waals surface area contributed by atoms with E-state index < -0.39 is 0 Å². The third kappa shape index (κ3) is 4.32. The smallest absolute Gasteiger partial charge is 0.220 e. The Balaban J connectivity index is 1.31. The molecule has 0 heterocycles. The van der Waals surface area contributed by atoms with Gasteiger partial charge in [0.05, 0.1) is 6.54 Å². The maximum absolute atomic E-state index is 12.1. The Kier molecular flexibility index (Phi) is 7.11. The molecule has 0 radical (unpaired) electrons. The number of amides is 1. The van der Waals surface area contributed by atoms with Gasteiger partial charge in [0.25, 0.3) is 0 Å². The molecule has 4 nitrogen and oxygen atoms in total. The van der Waals surface area contributed by atoms with Crippen molar-refractivity contribution in [1.29, 1.82) is 0 Å². The monoisotopic (exact) mass is 436 g/mol. The number of rotatable bonds is 7. The lowest BCUT2D eigenvalue weighted by atomic mass is 9.45. The minimum Gasteiger partial charge on any atom is -0.355 e. The van der Waals surface area contributed by atoms with Gasteiger partial charge >= 0.3 is 0 Å². The van der Waals surface area contributed by atoms with E-state index in [0.717, 1.165) is 40.5 Å². The summed E-state index contributed by atoms with van der Waals surface area (Å²) in [6, 6.07) is 0. The normalized spacial score (nSPS) is 43.0. The number of hydrogen-bond donors (Lipinski definition) is 3. The zero-order valence-corrected chi connectivity index (χ0v) is 20.1. The molecule has 4 rings (SSSR count). The zero-order valence-electron chi connectivity index (χ0n) is 19.2. The Morgan fingerprint density at radius 1 is 1.03 bits per heavy atom. The third-order valence-corrected chi connectivity index (χ3v) is 10.6. The topological polar surface area (TPSA) is 52.6 Å². The first kappa shape index (κ1) is 22.9. The van der Waals surface area contributed by atoms with Crippen molar-refractivity contribution in [3.8, 4) is 0 Å². The van der Waals surface area contributed by atoms with Crippen molar-refractivity contribution in [1.82, 2.24) is 9.79 Å². The summed E-state index contributed by atoms with van der Waals surface area (Å²) >= 11 is 3.78. The van der Waals surface area contributed by atoms with Crippen molar-refractivity contribution in [2.24, 2.45) is 40.4 Å². The Bertz CT molecular complexity index is 614. The minimum absolute atomic E-state index is 0.108. The van der Waals surface area contributed by atoms with Gasteiger partial charge in [0.15, 0.2) is 0 Å². The standard InChI is InChI=1S/C25H44N2O2S/c1-24-14-4-3-6-18(24)9-11-20-21-12-10-19(25(21,2)15-13-22(20)24)7-5-8-23(28)26-16-17-27(29)30/h18-22,29-30H,3-17H2,1-2H3,(H,26,28). The van der Waals surface area contributed by atoms with Crippen LogP contribution in [0.5, 0.6) is 0 Å². The molecule has 4 aliphatic rings. The van der Waals surface area contributed by atoms with Crippen molar-refractivity contribution in [3.05, 3.63) is 0 Å². The number of fused-ring (bicyclic) bond motifs is 5. The molecule has 0 saturated heterocycles. The lowest BCUT2D eigenvalue weighted by Crippen LogP contribution is -2.52. The van der Waals surface area contributed by atoms with Crippen LogP contribution in [0, 0.1) is 40.4 Å². The van der Waals surface area contributed by atoms with Crippen LogP contribution in [0.3, 0.4) is 0 Å². The van der Waals surface area contributed by atoms with Gasteiger partial charge in [-0.2, -0.15) is 0 Å². The summed E-state index contributed by atoms with van der Waals surface area (Å²) in [7, 11) is 0. The van der Waals surface area contributed by atoms with E-state index >= 15 is 0 Å². The van der Waals surface area contributed by atoms with Crippen LogP contribution < -0.4 is 5.32 Å². The molecule has 0 bridgehead atoms. The van der Waals surface area contributed by atoms with Gasteiger partial charge in [0, 0.05) is 13.0 Å². The summed E-state index contributed by atoms with van der Waals surface area (Å²) in [5.41, 5.74) is 1.15. The number of carbonyl (C=O) groups excluding carboxylic acids is 1. The van der Waals surface area contributed by atoms with Gasteiger partial charge < -0.3 is 10.5 Å². The first-order valence-electron chi connectivity index (χ1n) is 12.8. The lowest BCUT2D eigenvalue weighted by Gasteiger charge is -2.60. The molecule has 4 fully saturated rings. The molecule has 0 aliphatic heterocycles. The highest BCUT2D eigenvalue weighted by atomic mass is 32.1. The molecular formula is C25H44N2O2S. The highest BCUT2D eigenvalue weighted by Gasteiger charge is 2.59. The van der Waals surface area contributed by atoms with Gasteiger partial charge in [0.1, 0.15) is 0 Å². The molecular weight excluding hydrogens is 392 g/mol. The van der Waals surface area contributed by atoms with Crippen LogP contribution >= 0.6 is 12.8 Å². The molecule has 0 aromatic carbocycles. The lowest BCUT2D eigenvalue weighted by molar-refractivity contribution is -0.121. The van der Waals surface area contributed by atoms with Gasteiger partial charge in [-0.25, -0.2) is 0 Å². The maximum Gasteiger partial charge on any atom is 0.220 e. The number of nitrogens with zero attached hydrogens (tertiary/aromatic N) is 1. The molecule has 4 aliphatic carbocycles. The zero-order chi connectivity index (χ0) is 21.4. The highest BCUT2D eigenvalue weighted by Crippen LogP contribution is 2.67. The van der Waals surface area contributed by atoms with Crippen molar-refractivity contribution in [2.45, 2.75) is 97.3 Å². The van der Waals surface area contributed by atoms with Crippen LogP contribution in [-0.2, 0) is 4.79 Å². The van der Waals surface area contributed by atoms with E-state index in [-0.39, 0.29) is 5.91 Å². The fraction of sp³-hybridized carbons (Fsp3) is 0.960. The second-order valence-electron chi connectivity index (χ2n) is 11.6. The summed E-state index contributed by atoms with van der Waals surface area (Å²) in [5.74, 6) is 4.81. The van der Waals surface area contributed by atoms with Gasteiger partial charge in [-0.15, -0.1) is 4.47 Å². The predicted octanol–water partition coefficient (Wildman–Crippen LogP) is 5.86. The third-order valence-electron chi connectivity index (χ3n) is 10.4. The molecule has 7 atom stereocenters. The molecule has 4 saturated carbocycles. The van der Waals surface area contributed by atoms with Crippen LogP contribution in [-0.4, -0.2) is 28.7 Å². The molecule has 0 aromatic rings. The van der Waals surface area contributed by atoms with Gasteiger partial charge in [-0.1, -0.05) is 39.5 Å². The fourth-order valence-electron chi connectivity index (χ4n) is 8.77. The summed E-state index contributed by atoms with van der Waals surface area (Å²) in [5, 5.41) is 11.9. The number of thiol groups is 1. The van der Waals surface area contributed by atoms with E-state index in [9.17, 15) is 4.79 Å². The van der Waals surface area contributed by atoms with E-state index in [1.165, 1.54) is 70.6 Å². The van der Waals surface area contributed by atoms with Crippen LogP contribution in [0.1, 0.15) is 97.3 Å². The summed E-state index contributed by atoms with van der Waals surface area (Å²) in [6.07, 6.45) is 17.4. The summed E-state index contributed by atoms with van der Waals surface area (Å²) < 4.78 is 0.817. The molecule has 1 amide bonds. The second kappa shape index (κ2) is 9.31. The first-order valence-corrected chi connectivity index (χ1v) is 13.2. The average Bonchev–Trinajstić information content (AvgIpc) is 3.04. The number of nitrogens with one attached hydrogen (secondary N) is 1. The predicted molar refractivity (Wildman–Crippen MR) is 124 cm³/mol. The van der Waals surface area contributed by atoms with E-state index in [1.807, 2.05) is 0 Å².